The van der Waals surface area contributed by atoms with Gasteiger partial charge >= 0.3 is 0 Å². The van der Waals surface area contributed by atoms with Crippen molar-refractivity contribution >= 4 is 0 Å². The number of halogens is 1. The van der Waals surface area contributed by atoms with Gasteiger partial charge in [0.2, 0.25) is 6.33 Å². The zero-order valence-electron chi connectivity index (χ0n) is 9.99. The Bertz CT molecular complexity index is 420. The van der Waals surface area contributed by atoms with Crippen LogP contribution in [-0.4, -0.2) is 11.5 Å². The molecule has 1 aromatic heterocycles. The average Bonchev–Trinajstić information content (AvgIpc) is 2.84. The van der Waals surface area contributed by atoms with Gasteiger partial charge in [0.15, 0.2) is 5.54 Å². The maximum atomic E-state index is 3.97. The van der Waals surface area contributed by atoms with Crippen LogP contribution in [0.3, 0.4) is 0 Å². The van der Waals surface area contributed by atoms with Gasteiger partial charge in [-0.15, -0.1) is 0 Å². The first-order valence-electron chi connectivity index (χ1n) is 5.61. The second-order valence-electron chi connectivity index (χ2n) is 3.97. The summed E-state index contributed by atoms with van der Waals surface area (Å²) in [6, 6.07) is 0. The number of H-pyrrole nitrogens is 1. The molecule has 1 heterocycles. The monoisotopic (exact) mass is 295 g/mol. The molecule has 1 aromatic rings. The largest absolute Gasteiger partial charge is 1.00 e. The van der Waals surface area contributed by atoms with Crippen molar-refractivity contribution in [2.45, 2.75) is 18.9 Å². The molecular formula is C13H18BrN3. The summed E-state index contributed by atoms with van der Waals surface area (Å²) >= 11 is 0. The first-order valence-corrected chi connectivity index (χ1v) is 5.61. The van der Waals surface area contributed by atoms with Gasteiger partial charge in [0, 0.05) is 18.7 Å². The van der Waals surface area contributed by atoms with E-state index >= 15 is 0 Å². The molecule has 0 radical (unpaired) electrons. The molecule has 1 unspecified atom stereocenters. The summed E-state index contributed by atoms with van der Waals surface area (Å²) in [5, 5.41) is 3.37. The summed E-state index contributed by atoms with van der Waals surface area (Å²) in [4.78, 5) is 3.07. The first-order chi connectivity index (χ1) is 7.80. The van der Waals surface area contributed by atoms with Gasteiger partial charge in [-0.05, 0) is 25.2 Å². The lowest BCUT2D eigenvalue weighted by Crippen LogP contribution is -3.00. The molecule has 0 amide bonds. The highest BCUT2D eigenvalue weighted by atomic mass is 79.9. The molecule has 0 saturated heterocycles. The van der Waals surface area contributed by atoms with Crippen molar-refractivity contribution in [1.29, 1.82) is 0 Å². The number of aromatic amines is 1. The van der Waals surface area contributed by atoms with Crippen molar-refractivity contribution < 1.29 is 21.5 Å². The van der Waals surface area contributed by atoms with E-state index in [1.807, 2.05) is 24.8 Å². The number of hydrogen-bond acceptors (Lipinski definition) is 1. The number of hydrogen-bond donors (Lipinski definition) is 2. The summed E-state index contributed by atoms with van der Waals surface area (Å²) < 4.78 is 2.14. The number of allylic oxidation sites excluding steroid dienone is 5. The predicted molar refractivity (Wildman–Crippen MR) is 64.7 cm³/mol. The van der Waals surface area contributed by atoms with Gasteiger partial charge in [0.25, 0.3) is 0 Å². The van der Waals surface area contributed by atoms with Crippen molar-refractivity contribution in [2.75, 3.05) is 6.54 Å². The standard InChI is InChI=1S/C13H17N3.BrH/c1-3-13(16-9-8-14-11-16)7-5-6-12(10-13)15-4-2;/h3,5-9,11,15H,1,4,10H2,2H3;1H. The fraction of sp³-hybridized carbons (Fsp3) is 0.308. The van der Waals surface area contributed by atoms with Gasteiger partial charge in [-0.25, -0.2) is 4.57 Å². The minimum Gasteiger partial charge on any atom is -1.00 e. The maximum Gasteiger partial charge on any atom is 0.242 e. The van der Waals surface area contributed by atoms with Gasteiger partial charge in [0.05, 0.1) is 0 Å². The van der Waals surface area contributed by atoms with Crippen LogP contribution in [0.15, 0.2) is 55.3 Å². The van der Waals surface area contributed by atoms with Crippen molar-refractivity contribution in [2.24, 2.45) is 0 Å². The molecule has 1 aliphatic carbocycles. The minimum absolute atomic E-state index is 0. The number of aromatic nitrogens is 2. The van der Waals surface area contributed by atoms with E-state index < -0.39 is 0 Å². The Hall–Kier alpha value is -1.29. The molecule has 1 atom stereocenters. The van der Waals surface area contributed by atoms with Crippen LogP contribution in [-0.2, 0) is 5.54 Å². The van der Waals surface area contributed by atoms with E-state index in [-0.39, 0.29) is 22.5 Å². The Kier molecular flexibility index (Phi) is 4.75. The quantitative estimate of drug-likeness (QED) is 0.522. The Balaban J connectivity index is 0.00000144. The molecule has 17 heavy (non-hydrogen) atoms. The molecule has 0 bridgehead atoms. The van der Waals surface area contributed by atoms with Crippen molar-refractivity contribution in [3.8, 4) is 0 Å². The zero-order valence-corrected chi connectivity index (χ0v) is 11.6. The Morgan fingerprint density at radius 2 is 2.47 bits per heavy atom. The molecule has 92 valence electrons. The molecule has 0 spiro atoms. The summed E-state index contributed by atoms with van der Waals surface area (Å²) in [6.45, 7) is 7.02. The van der Waals surface area contributed by atoms with E-state index in [0.717, 1.165) is 13.0 Å². The average molecular weight is 296 g/mol. The van der Waals surface area contributed by atoms with E-state index in [1.54, 1.807) is 0 Å². The van der Waals surface area contributed by atoms with E-state index in [4.69, 9.17) is 0 Å². The van der Waals surface area contributed by atoms with E-state index in [9.17, 15) is 0 Å². The minimum atomic E-state index is -0.147. The van der Waals surface area contributed by atoms with Crippen molar-refractivity contribution in [3.63, 3.8) is 0 Å². The van der Waals surface area contributed by atoms with Crippen LogP contribution in [0.2, 0.25) is 0 Å². The first kappa shape index (κ1) is 13.8. The van der Waals surface area contributed by atoms with Crippen molar-refractivity contribution in [1.82, 2.24) is 10.3 Å². The molecule has 2 N–H and O–H groups in total. The number of nitrogens with zero attached hydrogens (tertiary/aromatic N) is 1. The van der Waals surface area contributed by atoms with Gasteiger partial charge in [-0.1, -0.05) is 12.7 Å². The van der Waals surface area contributed by atoms with Crippen LogP contribution in [0.5, 0.6) is 0 Å². The molecule has 4 heteroatoms. The van der Waals surface area contributed by atoms with Gasteiger partial charge in [-0.3, -0.25) is 4.98 Å². The fourth-order valence-electron chi connectivity index (χ4n) is 2.07. The van der Waals surface area contributed by atoms with Crippen LogP contribution < -0.4 is 26.9 Å². The van der Waals surface area contributed by atoms with Gasteiger partial charge in [-0.2, -0.15) is 0 Å². The topological polar surface area (TPSA) is 31.7 Å². The zero-order chi connectivity index (χ0) is 11.4. The molecule has 1 aliphatic rings. The third-order valence-electron chi connectivity index (χ3n) is 2.94. The summed E-state index contributed by atoms with van der Waals surface area (Å²) in [7, 11) is 0. The summed E-state index contributed by atoms with van der Waals surface area (Å²) in [5.74, 6) is 0. The third-order valence-corrected chi connectivity index (χ3v) is 2.94. The molecule has 3 nitrogen and oxygen atoms in total. The lowest BCUT2D eigenvalue weighted by atomic mass is 9.89. The molecular weight excluding hydrogens is 278 g/mol. The predicted octanol–water partition coefficient (Wildman–Crippen LogP) is -1.36. The number of nitrogens with one attached hydrogen (secondary N) is 2. The Morgan fingerprint density at radius 3 is 3.06 bits per heavy atom. The molecule has 0 saturated carbocycles. The van der Waals surface area contributed by atoms with E-state index in [2.05, 4.69) is 46.6 Å². The van der Waals surface area contributed by atoms with Crippen molar-refractivity contribution in [3.05, 3.63) is 55.3 Å². The highest BCUT2D eigenvalue weighted by molar-refractivity contribution is 5.25. The van der Waals surface area contributed by atoms with E-state index in [1.165, 1.54) is 5.70 Å². The van der Waals surface area contributed by atoms with E-state index in [0.29, 0.717) is 0 Å². The Labute approximate surface area is 113 Å². The lowest BCUT2D eigenvalue weighted by Gasteiger charge is -2.27. The highest BCUT2D eigenvalue weighted by Gasteiger charge is 2.32. The molecule has 0 aliphatic heterocycles. The SMILES string of the molecule is C=CC1([n+]2cc[nH]c2)C=CC=C(NCC)C1.[Br-]. The second-order valence-corrected chi connectivity index (χ2v) is 3.97. The van der Waals surface area contributed by atoms with Crippen LogP contribution >= 0.6 is 0 Å². The lowest BCUT2D eigenvalue weighted by molar-refractivity contribution is -0.739. The second kappa shape index (κ2) is 5.87. The summed E-state index contributed by atoms with van der Waals surface area (Å²) in [6.07, 6.45) is 15.2. The van der Waals surface area contributed by atoms with Crippen LogP contribution in [0.1, 0.15) is 13.3 Å². The van der Waals surface area contributed by atoms with Crippen LogP contribution in [0.4, 0.5) is 0 Å². The third kappa shape index (κ3) is 2.69. The smallest absolute Gasteiger partial charge is 0.242 e. The van der Waals surface area contributed by atoms with Crippen LogP contribution in [0, 0.1) is 0 Å². The van der Waals surface area contributed by atoms with Crippen LogP contribution in [0.25, 0.3) is 0 Å². The van der Waals surface area contributed by atoms with Gasteiger partial charge in [0.1, 0.15) is 12.4 Å². The number of imidazole rings is 1. The van der Waals surface area contributed by atoms with Gasteiger partial charge < -0.3 is 22.3 Å². The maximum absolute atomic E-state index is 3.97. The number of rotatable bonds is 4. The normalized spacial score (nSPS) is 22.5. The molecule has 0 fully saturated rings. The fourth-order valence-corrected chi connectivity index (χ4v) is 2.07. The summed E-state index contributed by atoms with van der Waals surface area (Å²) in [5.41, 5.74) is 1.10. The Morgan fingerprint density at radius 1 is 1.65 bits per heavy atom. The molecule has 0 aromatic carbocycles. The highest BCUT2D eigenvalue weighted by Crippen LogP contribution is 2.25. The molecule has 2 rings (SSSR count).